The van der Waals surface area contributed by atoms with Crippen LogP contribution in [0.4, 0.5) is 0 Å². The van der Waals surface area contributed by atoms with Gasteiger partial charge >= 0.3 is 5.97 Å². The standard InChI is InChI=1S/C14H18O3/c1-4-11(10-14(15)17-5-2)12-6-8-13(16-3)9-7-12/h6-10H,4-5H2,1-3H3/b11-10-. The van der Waals surface area contributed by atoms with Crippen molar-refractivity contribution < 1.29 is 14.3 Å². The number of benzene rings is 1. The van der Waals surface area contributed by atoms with Gasteiger partial charge in [0.2, 0.25) is 0 Å². The molecule has 0 saturated carbocycles. The van der Waals surface area contributed by atoms with Crippen LogP contribution >= 0.6 is 0 Å². The van der Waals surface area contributed by atoms with Crippen molar-refractivity contribution in [2.45, 2.75) is 20.3 Å². The van der Waals surface area contributed by atoms with Crippen molar-refractivity contribution in [2.75, 3.05) is 13.7 Å². The molecule has 17 heavy (non-hydrogen) atoms. The summed E-state index contributed by atoms with van der Waals surface area (Å²) in [6, 6.07) is 7.63. The van der Waals surface area contributed by atoms with E-state index in [4.69, 9.17) is 9.47 Å². The Bertz CT molecular complexity index is 390. The smallest absolute Gasteiger partial charge is 0.331 e. The Morgan fingerprint density at radius 1 is 1.24 bits per heavy atom. The van der Waals surface area contributed by atoms with Gasteiger partial charge < -0.3 is 9.47 Å². The second-order valence-electron chi connectivity index (χ2n) is 3.50. The third-order valence-corrected chi connectivity index (χ3v) is 2.42. The first-order valence-corrected chi connectivity index (χ1v) is 5.73. The quantitative estimate of drug-likeness (QED) is 0.580. The van der Waals surface area contributed by atoms with Gasteiger partial charge in [0, 0.05) is 6.08 Å². The fourth-order valence-electron chi connectivity index (χ4n) is 1.52. The summed E-state index contributed by atoms with van der Waals surface area (Å²) in [5.74, 6) is 0.514. The second-order valence-corrected chi connectivity index (χ2v) is 3.50. The Balaban J connectivity index is 2.89. The van der Waals surface area contributed by atoms with E-state index in [1.807, 2.05) is 31.2 Å². The van der Waals surface area contributed by atoms with Gasteiger partial charge in [0.05, 0.1) is 13.7 Å². The van der Waals surface area contributed by atoms with Gasteiger partial charge in [0.25, 0.3) is 0 Å². The Kier molecular flexibility index (Phi) is 5.27. The maximum absolute atomic E-state index is 11.4. The Morgan fingerprint density at radius 2 is 1.88 bits per heavy atom. The summed E-state index contributed by atoms with van der Waals surface area (Å²) >= 11 is 0. The maximum Gasteiger partial charge on any atom is 0.331 e. The summed E-state index contributed by atoms with van der Waals surface area (Å²) in [7, 11) is 1.63. The summed E-state index contributed by atoms with van der Waals surface area (Å²) in [6.07, 6.45) is 2.33. The van der Waals surface area contributed by atoms with E-state index in [1.165, 1.54) is 0 Å². The predicted molar refractivity (Wildman–Crippen MR) is 67.9 cm³/mol. The van der Waals surface area contributed by atoms with Crippen LogP contribution in [0, 0.1) is 0 Å². The number of hydrogen-bond acceptors (Lipinski definition) is 3. The van der Waals surface area contributed by atoms with Crippen LogP contribution in [0.25, 0.3) is 5.57 Å². The van der Waals surface area contributed by atoms with E-state index in [0.717, 1.165) is 23.3 Å². The minimum atomic E-state index is -0.292. The lowest BCUT2D eigenvalue weighted by atomic mass is 10.0. The van der Waals surface area contributed by atoms with Gasteiger partial charge in [0.15, 0.2) is 0 Å². The normalized spacial score (nSPS) is 11.1. The van der Waals surface area contributed by atoms with Gasteiger partial charge in [0.1, 0.15) is 5.75 Å². The average Bonchev–Trinajstić information content (AvgIpc) is 2.36. The largest absolute Gasteiger partial charge is 0.497 e. The molecule has 0 bridgehead atoms. The lowest BCUT2D eigenvalue weighted by Crippen LogP contribution is -2.00. The first-order chi connectivity index (χ1) is 8.21. The molecule has 0 N–H and O–H groups in total. The van der Waals surface area contributed by atoms with Gasteiger partial charge in [-0.05, 0) is 36.6 Å². The topological polar surface area (TPSA) is 35.5 Å². The molecule has 0 fully saturated rings. The Hall–Kier alpha value is -1.77. The third-order valence-electron chi connectivity index (χ3n) is 2.42. The Labute approximate surface area is 102 Å². The molecule has 0 spiro atoms. The number of allylic oxidation sites excluding steroid dienone is 1. The molecule has 0 amide bonds. The number of carbonyl (C=O) groups excluding carboxylic acids is 1. The van der Waals surface area contributed by atoms with Gasteiger partial charge in [-0.2, -0.15) is 0 Å². The van der Waals surface area contributed by atoms with Crippen molar-refractivity contribution in [3.63, 3.8) is 0 Å². The summed E-state index contributed by atoms with van der Waals surface area (Å²) in [6.45, 7) is 4.20. The van der Waals surface area contributed by atoms with Gasteiger partial charge in [-0.1, -0.05) is 19.1 Å². The zero-order valence-electron chi connectivity index (χ0n) is 10.5. The SMILES string of the molecule is CCOC(=O)/C=C(/CC)c1ccc(OC)cc1. The molecule has 0 radical (unpaired) electrons. The fourth-order valence-corrected chi connectivity index (χ4v) is 1.52. The van der Waals surface area contributed by atoms with Crippen LogP contribution in [0.2, 0.25) is 0 Å². The highest BCUT2D eigenvalue weighted by Crippen LogP contribution is 2.21. The molecule has 0 aliphatic carbocycles. The molecule has 0 aliphatic heterocycles. The first kappa shape index (κ1) is 13.3. The number of rotatable bonds is 5. The van der Waals surface area contributed by atoms with Crippen molar-refractivity contribution in [3.8, 4) is 5.75 Å². The van der Waals surface area contributed by atoms with Crippen LogP contribution in [0.3, 0.4) is 0 Å². The molecule has 92 valence electrons. The molecule has 0 heterocycles. The molecule has 3 heteroatoms. The van der Waals surface area contributed by atoms with E-state index in [0.29, 0.717) is 6.61 Å². The van der Waals surface area contributed by atoms with Crippen molar-refractivity contribution in [1.29, 1.82) is 0 Å². The molecule has 3 nitrogen and oxygen atoms in total. The van der Waals surface area contributed by atoms with Gasteiger partial charge in [-0.3, -0.25) is 0 Å². The molecular weight excluding hydrogens is 216 g/mol. The maximum atomic E-state index is 11.4. The van der Waals surface area contributed by atoms with Crippen LogP contribution in [0.15, 0.2) is 30.3 Å². The van der Waals surface area contributed by atoms with Crippen LogP contribution in [-0.2, 0) is 9.53 Å². The van der Waals surface area contributed by atoms with Crippen molar-refractivity contribution >= 4 is 11.5 Å². The number of ether oxygens (including phenoxy) is 2. The van der Waals surface area contributed by atoms with E-state index in [2.05, 4.69) is 0 Å². The lowest BCUT2D eigenvalue weighted by molar-refractivity contribution is -0.137. The van der Waals surface area contributed by atoms with Crippen molar-refractivity contribution in [1.82, 2.24) is 0 Å². The van der Waals surface area contributed by atoms with E-state index in [1.54, 1.807) is 20.1 Å². The van der Waals surface area contributed by atoms with E-state index >= 15 is 0 Å². The summed E-state index contributed by atoms with van der Waals surface area (Å²) in [4.78, 5) is 11.4. The number of esters is 1. The highest BCUT2D eigenvalue weighted by atomic mass is 16.5. The molecule has 0 saturated heterocycles. The van der Waals surface area contributed by atoms with E-state index in [9.17, 15) is 4.79 Å². The molecular formula is C14H18O3. The number of carbonyl (C=O) groups is 1. The minimum Gasteiger partial charge on any atom is -0.497 e. The van der Waals surface area contributed by atoms with Gasteiger partial charge in [-0.25, -0.2) is 4.79 Å². The zero-order valence-corrected chi connectivity index (χ0v) is 10.5. The molecule has 0 unspecified atom stereocenters. The Morgan fingerprint density at radius 3 is 2.35 bits per heavy atom. The molecule has 0 aromatic heterocycles. The molecule has 0 atom stereocenters. The second kappa shape index (κ2) is 6.74. The van der Waals surface area contributed by atoms with E-state index < -0.39 is 0 Å². The minimum absolute atomic E-state index is 0.292. The van der Waals surface area contributed by atoms with Crippen LogP contribution in [0.1, 0.15) is 25.8 Å². The summed E-state index contributed by atoms with van der Waals surface area (Å²) < 4.78 is 9.99. The number of methoxy groups -OCH3 is 1. The highest BCUT2D eigenvalue weighted by molar-refractivity contribution is 5.91. The summed E-state index contributed by atoms with van der Waals surface area (Å²) in [5, 5.41) is 0. The molecule has 0 aliphatic rings. The molecule has 1 rings (SSSR count). The van der Waals surface area contributed by atoms with Gasteiger partial charge in [-0.15, -0.1) is 0 Å². The zero-order chi connectivity index (χ0) is 12.7. The number of hydrogen-bond donors (Lipinski definition) is 0. The summed E-state index contributed by atoms with van der Waals surface area (Å²) in [5.41, 5.74) is 1.98. The first-order valence-electron chi connectivity index (χ1n) is 5.73. The van der Waals surface area contributed by atoms with Crippen molar-refractivity contribution in [2.24, 2.45) is 0 Å². The monoisotopic (exact) mass is 234 g/mol. The molecule has 1 aromatic carbocycles. The predicted octanol–water partition coefficient (Wildman–Crippen LogP) is 3.05. The van der Waals surface area contributed by atoms with Crippen LogP contribution < -0.4 is 4.74 Å². The molecule has 1 aromatic rings. The van der Waals surface area contributed by atoms with Crippen LogP contribution in [0.5, 0.6) is 5.75 Å². The third kappa shape index (κ3) is 3.94. The average molecular weight is 234 g/mol. The van der Waals surface area contributed by atoms with E-state index in [-0.39, 0.29) is 5.97 Å². The fraction of sp³-hybridized carbons (Fsp3) is 0.357. The van der Waals surface area contributed by atoms with Crippen molar-refractivity contribution in [3.05, 3.63) is 35.9 Å². The highest BCUT2D eigenvalue weighted by Gasteiger charge is 2.04. The lowest BCUT2D eigenvalue weighted by Gasteiger charge is -2.06. The van der Waals surface area contributed by atoms with Crippen LogP contribution in [-0.4, -0.2) is 19.7 Å².